The van der Waals surface area contributed by atoms with Crippen LogP contribution in [0.25, 0.3) is 10.8 Å². The predicted molar refractivity (Wildman–Crippen MR) is 116 cm³/mol. The summed E-state index contributed by atoms with van der Waals surface area (Å²) in [4.78, 5) is -0.282. The molecule has 0 unspecified atom stereocenters. The van der Waals surface area contributed by atoms with Crippen LogP contribution in [0, 0.1) is 0 Å². The number of anilines is 2. The van der Waals surface area contributed by atoms with Gasteiger partial charge in [0.25, 0.3) is 0 Å². The monoisotopic (exact) mass is 440 g/mol. The van der Waals surface area contributed by atoms with E-state index >= 15 is 0 Å². The van der Waals surface area contributed by atoms with Gasteiger partial charge >= 0.3 is 29.6 Å². The maximum atomic E-state index is 11.1. The SMILES string of the molecule is O=S(=O)([O-])c1ccc(NNc2c(N=Nc3ccccc3)ccc3ccccc23)cc1.[Na+]. The van der Waals surface area contributed by atoms with Crippen molar-refractivity contribution in [2.45, 2.75) is 4.90 Å². The number of fused-ring (bicyclic) bond motifs is 1. The molecular weight excluding hydrogens is 423 g/mol. The normalized spacial score (nSPS) is 11.3. The van der Waals surface area contributed by atoms with Gasteiger partial charge < -0.3 is 9.98 Å². The minimum Gasteiger partial charge on any atom is -0.744 e. The Morgan fingerprint density at radius 1 is 0.710 bits per heavy atom. The Morgan fingerprint density at radius 3 is 2.10 bits per heavy atom. The van der Waals surface area contributed by atoms with Gasteiger partial charge in [-0.2, -0.15) is 5.11 Å². The summed E-state index contributed by atoms with van der Waals surface area (Å²) in [7, 11) is -4.48. The standard InChI is InChI=1S/C22H18N4O3S.Na/c27-30(28,29)19-13-11-18(12-14-19)24-26-22-20-9-5-4-6-16(20)10-15-21(22)25-23-17-7-2-1-3-8-17;/h1-15,24,26H,(H,27,28,29);/q;+1/p-1. The molecule has 0 amide bonds. The minimum atomic E-state index is -4.48. The molecule has 4 rings (SSSR count). The minimum absolute atomic E-state index is 0. The van der Waals surface area contributed by atoms with E-state index in [0.717, 1.165) is 16.5 Å². The maximum Gasteiger partial charge on any atom is 1.00 e. The van der Waals surface area contributed by atoms with Gasteiger partial charge in [0.1, 0.15) is 15.8 Å². The number of hydrazine groups is 1. The Balaban J connectivity index is 0.00000272. The van der Waals surface area contributed by atoms with Crippen molar-refractivity contribution in [3.05, 3.63) is 91.0 Å². The number of hydrogen-bond acceptors (Lipinski definition) is 7. The van der Waals surface area contributed by atoms with Gasteiger partial charge in [-0.3, -0.25) is 5.43 Å². The van der Waals surface area contributed by atoms with Gasteiger partial charge in [-0.15, -0.1) is 5.11 Å². The molecule has 0 fully saturated rings. The molecule has 0 saturated heterocycles. The molecule has 4 aromatic rings. The van der Waals surface area contributed by atoms with E-state index in [2.05, 4.69) is 21.1 Å². The fraction of sp³-hybridized carbons (Fsp3) is 0. The van der Waals surface area contributed by atoms with Crippen molar-refractivity contribution >= 4 is 43.6 Å². The zero-order valence-corrected chi connectivity index (χ0v) is 19.5. The molecule has 0 atom stereocenters. The van der Waals surface area contributed by atoms with Crippen molar-refractivity contribution in [2.75, 3.05) is 10.9 Å². The summed E-state index contributed by atoms with van der Waals surface area (Å²) >= 11 is 0. The molecule has 0 bridgehead atoms. The van der Waals surface area contributed by atoms with E-state index in [1.54, 1.807) is 0 Å². The molecule has 150 valence electrons. The van der Waals surface area contributed by atoms with Gasteiger partial charge in [-0.25, -0.2) is 8.42 Å². The van der Waals surface area contributed by atoms with Crippen molar-refractivity contribution < 1.29 is 42.5 Å². The Bertz CT molecular complexity index is 1310. The molecule has 0 aromatic heterocycles. The topological polar surface area (TPSA) is 106 Å². The van der Waals surface area contributed by atoms with Crippen LogP contribution in [0.4, 0.5) is 22.7 Å². The van der Waals surface area contributed by atoms with E-state index in [4.69, 9.17) is 0 Å². The number of benzene rings is 4. The Morgan fingerprint density at radius 2 is 1.39 bits per heavy atom. The molecule has 0 heterocycles. The summed E-state index contributed by atoms with van der Waals surface area (Å²) in [5.41, 5.74) is 8.82. The van der Waals surface area contributed by atoms with Gasteiger partial charge in [0, 0.05) is 5.39 Å². The van der Waals surface area contributed by atoms with Gasteiger partial charge in [0.2, 0.25) is 0 Å². The van der Waals surface area contributed by atoms with Crippen LogP contribution in [0.2, 0.25) is 0 Å². The largest absolute Gasteiger partial charge is 1.00 e. The van der Waals surface area contributed by atoms with Crippen molar-refractivity contribution in [3.63, 3.8) is 0 Å². The molecule has 7 nitrogen and oxygen atoms in total. The summed E-state index contributed by atoms with van der Waals surface area (Å²) in [5, 5.41) is 10.6. The Hall–Kier alpha value is -2.75. The second-order valence-electron chi connectivity index (χ2n) is 6.44. The van der Waals surface area contributed by atoms with Crippen molar-refractivity contribution in [1.82, 2.24) is 0 Å². The van der Waals surface area contributed by atoms with Crippen LogP contribution in [0.1, 0.15) is 0 Å². The Labute approximate surface area is 202 Å². The van der Waals surface area contributed by atoms with Crippen molar-refractivity contribution in [2.24, 2.45) is 10.2 Å². The molecule has 4 aromatic carbocycles. The smallest absolute Gasteiger partial charge is 0.744 e. The number of nitrogens with one attached hydrogen (secondary N) is 2. The first-order chi connectivity index (χ1) is 14.5. The van der Waals surface area contributed by atoms with Gasteiger partial charge in [-0.1, -0.05) is 48.5 Å². The molecule has 0 spiro atoms. The van der Waals surface area contributed by atoms with Gasteiger partial charge in [0.05, 0.1) is 22.0 Å². The van der Waals surface area contributed by atoms with Crippen LogP contribution in [-0.2, 0) is 10.1 Å². The van der Waals surface area contributed by atoms with E-state index in [1.165, 1.54) is 24.3 Å². The predicted octanol–water partition coefficient (Wildman–Crippen LogP) is 2.60. The quantitative estimate of drug-likeness (QED) is 0.208. The van der Waals surface area contributed by atoms with Crippen LogP contribution >= 0.6 is 0 Å². The third-order valence-corrected chi connectivity index (χ3v) is 5.26. The van der Waals surface area contributed by atoms with Crippen LogP contribution in [-0.4, -0.2) is 13.0 Å². The zero-order chi connectivity index (χ0) is 21.0. The maximum absolute atomic E-state index is 11.1. The molecule has 2 N–H and O–H groups in total. The molecule has 0 aliphatic heterocycles. The second-order valence-corrected chi connectivity index (χ2v) is 7.82. The third-order valence-electron chi connectivity index (χ3n) is 4.41. The van der Waals surface area contributed by atoms with Gasteiger partial charge in [-0.05, 0) is 47.9 Å². The summed E-state index contributed by atoms with van der Waals surface area (Å²) in [5.74, 6) is 0. The fourth-order valence-electron chi connectivity index (χ4n) is 2.92. The first-order valence-electron chi connectivity index (χ1n) is 9.07. The van der Waals surface area contributed by atoms with E-state index in [1.807, 2.05) is 66.7 Å². The molecule has 31 heavy (non-hydrogen) atoms. The summed E-state index contributed by atoms with van der Waals surface area (Å²) in [6.45, 7) is 0. The molecular formula is C22H17N4NaO3S. The molecule has 0 saturated carbocycles. The number of rotatable bonds is 6. The van der Waals surface area contributed by atoms with E-state index < -0.39 is 10.1 Å². The zero-order valence-electron chi connectivity index (χ0n) is 16.7. The van der Waals surface area contributed by atoms with Crippen LogP contribution in [0.5, 0.6) is 0 Å². The Kier molecular flexibility index (Phi) is 7.42. The molecule has 0 aliphatic carbocycles. The van der Waals surface area contributed by atoms with Crippen molar-refractivity contribution in [1.29, 1.82) is 0 Å². The van der Waals surface area contributed by atoms with Gasteiger partial charge in [0.15, 0.2) is 0 Å². The van der Waals surface area contributed by atoms with Crippen LogP contribution in [0.15, 0.2) is 106 Å². The first-order valence-corrected chi connectivity index (χ1v) is 10.5. The number of azo groups is 1. The van der Waals surface area contributed by atoms with Crippen molar-refractivity contribution in [3.8, 4) is 0 Å². The molecule has 0 radical (unpaired) electrons. The van der Waals surface area contributed by atoms with E-state index in [9.17, 15) is 13.0 Å². The second kappa shape index (κ2) is 10.0. The molecule has 9 heteroatoms. The fourth-order valence-corrected chi connectivity index (χ4v) is 3.39. The number of hydrogen-bond donors (Lipinski definition) is 2. The number of nitrogens with zero attached hydrogens (tertiary/aromatic N) is 2. The van der Waals surface area contributed by atoms with Crippen LogP contribution < -0.4 is 40.4 Å². The summed E-state index contributed by atoms with van der Waals surface area (Å²) < 4.78 is 33.3. The summed E-state index contributed by atoms with van der Waals surface area (Å²) in [6, 6.07) is 26.6. The average molecular weight is 440 g/mol. The van der Waals surface area contributed by atoms with E-state index in [0.29, 0.717) is 17.1 Å². The van der Waals surface area contributed by atoms with E-state index in [-0.39, 0.29) is 34.5 Å². The van der Waals surface area contributed by atoms with Crippen LogP contribution in [0.3, 0.4) is 0 Å². The first kappa shape index (κ1) is 22.9. The average Bonchev–Trinajstić information content (AvgIpc) is 2.77. The third kappa shape index (κ3) is 5.69. The molecule has 0 aliphatic rings. The summed E-state index contributed by atoms with van der Waals surface area (Å²) in [6.07, 6.45) is 0.